The van der Waals surface area contributed by atoms with Gasteiger partial charge in [0.05, 0.1) is 13.2 Å². The fourth-order valence-corrected chi connectivity index (χ4v) is 5.26. The fourth-order valence-electron chi connectivity index (χ4n) is 5.26. The summed E-state index contributed by atoms with van der Waals surface area (Å²) >= 11 is 0. The molecule has 0 saturated carbocycles. The molecule has 3 saturated heterocycles. The molecule has 4 rings (SSSR count). The molecule has 0 aliphatic carbocycles. The lowest BCUT2D eigenvalue weighted by Gasteiger charge is -2.41. The van der Waals surface area contributed by atoms with E-state index in [0.717, 1.165) is 18.9 Å². The molecular weight excluding hydrogens is 411 g/mol. The van der Waals surface area contributed by atoms with Crippen molar-refractivity contribution in [3.63, 3.8) is 0 Å². The zero-order valence-corrected chi connectivity index (χ0v) is 17.4. The molecule has 3 heterocycles. The molecule has 2 amide bonds. The van der Waals surface area contributed by atoms with Crippen LogP contribution in [0, 0.1) is 23.4 Å². The van der Waals surface area contributed by atoms with Crippen molar-refractivity contribution in [2.75, 3.05) is 26.3 Å². The van der Waals surface area contributed by atoms with Gasteiger partial charge in [0.15, 0.2) is 11.6 Å². The third-order valence-electron chi connectivity index (χ3n) is 6.87. The van der Waals surface area contributed by atoms with E-state index >= 15 is 0 Å². The van der Waals surface area contributed by atoms with E-state index in [1.54, 1.807) is 4.90 Å². The largest absolute Gasteiger partial charge is 0.378 e. The van der Waals surface area contributed by atoms with Crippen LogP contribution >= 0.6 is 0 Å². The predicted molar refractivity (Wildman–Crippen MR) is 106 cm³/mol. The number of nitrogens with two attached hydrogens (primary N) is 1. The van der Waals surface area contributed by atoms with E-state index in [1.165, 1.54) is 0 Å². The van der Waals surface area contributed by atoms with Crippen molar-refractivity contribution in [3.8, 4) is 0 Å². The number of piperidine rings is 1. The minimum Gasteiger partial charge on any atom is -0.378 e. The summed E-state index contributed by atoms with van der Waals surface area (Å²) < 4.78 is 45.9. The first kappa shape index (κ1) is 22.1. The van der Waals surface area contributed by atoms with E-state index in [0.29, 0.717) is 45.2 Å². The number of ether oxygens (including phenoxy) is 1. The zero-order chi connectivity index (χ0) is 22.1. The smallest absolute Gasteiger partial charge is 0.232 e. The lowest BCUT2D eigenvalue weighted by atomic mass is 9.82. The van der Waals surface area contributed by atoms with E-state index in [2.05, 4.69) is 0 Å². The Bertz CT molecular complexity index is 833. The second-order valence-electron chi connectivity index (χ2n) is 8.81. The highest BCUT2D eigenvalue weighted by molar-refractivity contribution is 5.97. The van der Waals surface area contributed by atoms with E-state index < -0.39 is 23.5 Å². The summed E-state index contributed by atoms with van der Waals surface area (Å²) in [7, 11) is 0. The van der Waals surface area contributed by atoms with Crippen molar-refractivity contribution in [3.05, 3.63) is 35.1 Å². The topological polar surface area (TPSA) is 75.9 Å². The number of nitrogens with zero attached hydrogens (tertiary/aromatic N) is 2. The minimum absolute atomic E-state index is 0.00888. The van der Waals surface area contributed by atoms with E-state index in [9.17, 15) is 22.8 Å². The van der Waals surface area contributed by atoms with Gasteiger partial charge >= 0.3 is 0 Å². The number of amides is 2. The van der Waals surface area contributed by atoms with Crippen molar-refractivity contribution in [2.45, 2.75) is 56.7 Å². The van der Waals surface area contributed by atoms with E-state index in [4.69, 9.17) is 10.5 Å². The van der Waals surface area contributed by atoms with Crippen molar-refractivity contribution in [2.24, 2.45) is 11.7 Å². The number of morpholine rings is 1. The zero-order valence-electron chi connectivity index (χ0n) is 17.4. The number of fused-ring (bicyclic) bond motifs is 2. The molecule has 3 aliphatic rings. The maximum absolute atomic E-state index is 14.0. The third kappa shape index (κ3) is 4.72. The van der Waals surface area contributed by atoms with Gasteiger partial charge in [-0.3, -0.25) is 9.59 Å². The van der Waals surface area contributed by atoms with Crippen LogP contribution in [0.3, 0.4) is 0 Å². The second kappa shape index (κ2) is 9.16. The first-order valence-corrected chi connectivity index (χ1v) is 10.9. The van der Waals surface area contributed by atoms with Gasteiger partial charge in [-0.05, 0) is 49.7 Å². The molecule has 0 spiro atoms. The Kier molecular flexibility index (Phi) is 6.52. The van der Waals surface area contributed by atoms with Crippen LogP contribution in [0.1, 0.15) is 37.7 Å². The van der Waals surface area contributed by atoms with Crippen LogP contribution in [0.2, 0.25) is 0 Å². The van der Waals surface area contributed by atoms with Crippen LogP contribution in [0.5, 0.6) is 0 Å². The molecule has 3 atom stereocenters. The molecule has 170 valence electrons. The number of carbonyl (C=O) groups excluding carboxylic acids is 2. The molecule has 2 bridgehead atoms. The highest BCUT2D eigenvalue weighted by atomic mass is 19.2. The predicted octanol–water partition coefficient (Wildman–Crippen LogP) is 1.99. The van der Waals surface area contributed by atoms with Crippen LogP contribution in [-0.4, -0.2) is 66.0 Å². The molecule has 2 N–H and O–H groups in total. The monoisotopic (exact) mass is 439 g/mol. The molecule has 3 aliphatic heterocycles. The van der Waals surface area contributed by atoms with Gasteiger partial charge in [-0.2, -0.15) is 0 Å². The quantitative estimate of drug-likeness (QED) is 0.563. The minimum atomic E-state index is -1.22. The Hall–Kier alpha value is -2.13. The Labute approximate surface area is 179 Å². The average Bonchev–Trinajstić information content (AvgIpc) is 3.02. The summed E-state index contributed by atoms with van der Waals surface area (Å²) in [5, 5.41) is 0. The molecule has 9 heteroatoms. The average molecular weight is 439 g/mol. The maximum atomic E-state index is 14.0. The summed E-state index contributed by atoms with van der Waals surface area (Å²) in [5.41, 5.74) is 6.39. The lowest BCUT2D eigenvalue weighted by Crippen LogP contribution is -2.51. The molecule has 3 fully saturated rings. The second-order valence-corrected chi connectivity index (χ2v) is 8.81. The third-order valence-corrected chi connectivity index (χ3v) is 6.87. The fraction of sp³-hybridized carbons (Fsp3) is 0.636. The van der Waals surface area contributed by atoms with Gasteiger partial charge in [0, 0.05) is 37.3 Å². The van der Waals surface area contributed by atoms with Crippen molar-refractivity contribution in [1.29, 1.82) is 0 Å². The normalized spacial score (nSPS) is 26.8. The number of hydrogen-bond donors (Lipinski definition) is 1. The van der Waals surface area contributed by atoms with Gasteiger partial charge < -0.3 is 20.3 Å². The highest BCUT2D eigenvalue weighted by Crippen LogP contribution is 2.40. The van der Waals surface area contributed by atoms with Gasteiger partial charge in [0.1, 0.15) is 12.2 Å². The Morgan fingerprint density at radius 2 is 1.61 bits per heavy atom. The maximum Gasteiger partial charge on any atom is 0.232 e. The summed E-state index contributed by atoms with van der Waals surface area (Å²) in [5.74, 6) is -3.38. The van der Waals surface area contributed by atoms with Crippen LogP contribution < -0.4 is 5.73 Å². The van der Waals surface area contributed by atoms with Crippen LogP contribution in [-0.2, 0) is 20.7 Å². The van der Waals surface area contributed by atoms with Gasteiger partial charge in [-0.25, -0.2) is 13.2 Å². The Morgan fingerprint density at radius 1 is 1.00 bits per heavy atom. The molecular formula is C22H28F3N3O3. The van der Waals surface area contributed by atoms with Crippen LogP contribution in [0.25, 0.3) is 0 Å². The van der Waals surface area contributed by atoms with Crippen molar-refractivity contribution < 1.29 is 27.5 Å². The lowest BCUT2D eigenvalue weighted by molar-refractivity contribution is -0.145. The number of halogens is 3. The molecule has 0 aromatic heterocycles. The Morgan fingerprint density at radius 3 is 2.26 bits per heavy atom. The van der Waals surface area contributed by atoms with Crippen molar-refractivity contribution >= 4 is 11.8 Å². The SMILES string of the molecule is N[C@H](Cc1cc(F)c(F)cc1F)C1CC2CCC(C1)N2C(=O)CC(=O)N1CCOCC1. The van der Waals surface area contributed by atoms with Gasteiger partial charge in [0.2, 0.25) is 11.8 Å². The molecule has 1 aromatic rings. The molecule has 0 radical (unpaired) electrons. The van der Waals surface area contributed by atoms with Gasteiger partial charge in [0.25, 0.3) is 0 Å². The summed E-state index contributed by atoms with van der Waals surface area (Å²) in [6, 6.07) is 1.02. The summed E-state index contributed by atoms with van der Waals surface area (Å²) in [6.07, 6.45) is 3.01. The number of carbonyl (C=O) groups is 2. The molecule has 6 nitrogen and oxygen atoms in total. The van der Waals surface area contributed by atoms with Gasteiger partial charge in [-0.15, -0.1) is 0 Å². The highest BCUT2D eigenvalue weighted by Gasteiger charge is 2.45. The molecule has 31 heavy (non-hydrogen) atoms. The number of benzene rings is 1. The standard InChI is InChI=1S/C22H28F3N3O3/c23-17-11-19(25)18(24)9-13(17)10-20(26)14-7-15-1-2-16(8-14)28(15)22(30)12-21(29)27-3-5-31-6-4-27/h9,11,14-16,20H,1-8,10,12,26H2/t14?,15?,16?,20-/m1/s1. The number of rotatable bonds is 5. The number of hydrogen-bond acceptors (Lipinski definition) is 4. The van der Waals surface area contributed by atoms with E-state index in [-0.39, 0.29) is 48.2 Å². The summed E-state index contributed by atoms with van der Waals surface area (Å²) in [4.78, 5) is 28.9. The van der Waals surface area contributed by atoms with Crippen molar-refractivity contribution in [1.82, 2.24) is 9.80 Å². The molecule has 2 unspecified atom stereocenters. The van der Waals surface area contributed by atoms with Gasteiger partial charge in [-0.1, -0.05) is 0 Å². The van der Waals surface area contributed by atoms with Crippen LogP contribution in [0.4, 0.5) is 13.2 Å². The summed E-state index contributed by atoms with van der Waals surface area (Å²) in [6.45, 7) is 2.01. The first-order valence-electron chi connectivity index (χ1n) is 10.9. The Balaban J connectivity index is 1.35. The van der Waals surface area contributed by atoms with Crippen LogP contribution in [0.15, 0.2) is 12.1 Å². The molecule has 1 aromatic carbocycles. The first-order chi connectivity index (χ1) is 14.8. The van der Waals surface area contributed by atoms with E-state index in [1.807, 2.05) is 4.90 Å².